The Labute approximate surface area is 186 Å². The highest BCUT2D eigenvalue weighted by molar-refractivity contribution is 7.89. The van der Waals surface area contributed by atoms with E-state index in [1.54, 1.807) is 23.2 Å². The fourth-order valence-corrected chi connectivity index (χ4v) is 6.46. The molecule has 1 aromatic carbocycles. The second kappa shape index (κ2) is 9.10. The third kappa shape index (κ3) is 4.68. The zero-order chi connectivity index (χ0) is 22.0. The van der Waals surface area contributed by atoms with Crippen LogP contribution in [-0.2, 0) is 32.5 Å². The lowest BCUT2D eigenvalue weighted by Crippen LogP contribution is -2.42. The second-order valence-corrected chi connectivity index (χ2v) is 10.9. The summed E-state index contributed by atoms with van der Waals surface area (Å²) in [6.07, 6.45) is 2.55. The fraction of sp³-hybridized carbons (Fsp3) is 0.455. The number of hydrogen-bond donors (Lipinski definition) is 0. The highest BCUT2D eigenvalue weighted by atomic mass is 32.2. The van der Waals surface area contributed by atoms with Gasteiger partial charge in [-0.25, -0.2) is 13.2 Å². The van der Waals surface area contributed by atoms with Gasteiger partial charge in [-0.15, -0.1) is 11.3 Å². The third-order valence-electron chi connectivity index (χ3n) is 5.77. The molecule has 1 aromatic heterocycles. The first kappa shape index (κ1) is 22.0. The van der Waals surface area contributed by atoms with Crippen molar-refractivity contribution < 1.29 is 22.7 Å². The summed E-state index contributed by atoms with van der Waals surface area (Å²) >= 11 is 1.69. The standard InChI is InChI=1S/C22H26N2O5S2/c1-16(21(25)23-12-8-20-18(15-23)9-13-30-20)29-22(26)17-6-5-7-19(14-17)31(27,28)24-10-3-2-4-11-24/h5-7,9,13-14,16H,2-4,8,10-12,15H2,1H3. The van der Waals surface area contributed by atoms with Crippen LogP contribution >= 0.6 is 11.3 Å². The number of nitrogens with zero attached hydrogens (tertiary/aromatic N) is 2. The van der Waals surface area contributed by atoms with Crippen LogP contribution in [0.5, 0.6) is 0 Å². The van der Waals surface area contributed by atoms with E-state index in [-0.39, 0.29) is 16.4 Å². The number of amides is 1. The maximum Gasteiger partial charge on any atom is 0.338 e. The number of ether oxygens (including phenoxy) is 1. The van der Waals surface area contributed by atoms with E-state index < -0.39 is 22.1 Å². The van der Waals surface area contributed by atoms with Gasteiger partial charge in [0.05, 0.1) is 10.5 Å². The Kier molecular flexibility index (Phi) is 6.45. The number of piperidine rings is 1. The molecule has 1 amide bonds. The fourth-order valence-electron chi connectivity index (χ4n) is 4.01. The Morgan fingerprint density at radius 3 is 2.65 bits per heavy atom. The molecule has 1 fully saturated rings. The number of fused-ring (bicyclic) bond motifs is 1. The van der Waals surface area contributed by atoms with Crippen molar-refractivity contribution in [3.8, 4) is 0 Å². The Morgan fingerprint density at radius 1 is 1.10 bits per heavy atom. The molecule has 2 aliphatic rings. The largest absolute Gasteiger partial charge is 0.449 e. The van der Waals surface area contributed by atoms with Crippen LogP contribution in [0.1, 0.15) is 47.0 Å². The minimum absolute atomic E-state index is 0.0730. The normalized spacial score (nSPS) is 18.3. The van der Waals surface area contributed by atoms with Gasteiger partial charge in [-0.05, 0) is 61.4 Å². The molecular weight excluding hydrogens is 436 g/mol. The highest BCUT2D eigenvalue weighted by Crippen LogP contribution is 2.25. The summed E-state index contributed by atoms with van der Waals surface area (Å²) in [5.41, 5.74) is 1.26. The maximum absolute atomic E-state index is 12.9. The van der Waals surface area contributed by atoms with Gasteiger partial charge in [-0.3, -0.25) is 4.79 Å². The van der Waals surface area contributed by atoms with Crippen molar-refractivity contribution in [1.82, 2.24) is 9.21 Å². The molecule has 0 N–H and O–H groups in total. The maximum atomic E-state index is 12.9. The zero-order valence-corrected chi connectivity index (χ0v) is 19.1. The van der Waals surface area contributed by atoms with Crippen LogP contribution in [0, 0.1) is 0 Å². The van der Waals surface area contributed by atoms with Crippen molar-refractivity contribution in [2.75, 3.05) is 19.6 Å². The Hall–Kier alpha value is -2.23. The SMILES string of the molecule is CC(OC(=O)c1cccc(S(=O)(=O)N2CCCCC2)c1)C(=O)N1CCc2sccc2C1. The first-order valence-corrected chi connectivity index (χ1v) is 12.8. The van der Waals surface area contributed by atoms with E-state index in [0.29, 0.717) is 26.2 Å². The van der Waals surface area contributed by atoms with Gasteiger partial charge in [0.1, 0.15) is 0 Å². The van der Waals surface area contributed by atoms with Gasteiger partial charge in [0.15, 0.2) is 6.10 Å². The molecule has 2 aromatic rings. The zero-order valence-electron chi connectivity index (χ0n) is 17.5. The number of carbonyl (C=O) groups excluding carboxylic acids is 2. The lowest BCUT2D eigenvalue weighted by molar-refractivity contribution is -0.140. The first-order chi connectivity index (χ1) is 14.9. The van der Waals surface area contributed by atoms with Gasteiger partial charge >= 0.3 is 5.97 Å². The summed E-state index contributed by atoms with van der Waals surface area (Å²) in [7, 11) is -3.65. The molecule has 0 spiro atoms. The molecule has 1 atom stereocenters. The average Bonchev–Trinajstić information content (AvgIpc) is 3.27. The molecule has 0 aliphatic carbocycles. The van der Waals surface area contributed by atoms with E-state index in [1.807, 2.05) is 11.4 Å². The van der Waals surface area contributed by atoms with Crippen LogP contribution in [0.2, 0.25) is 0 Å². The third-order valence-corrected chi connectivity index (χ3v) is 8.69. The van der Waals surface area contributed by atoms with Crippen LogP contribution in [0.4, 0.5) is 0 Å². The number of esters is 1. The summed E-state index contributed by atoms with van der Waals surface area (Å²) in [5.74, 6) is -0.952. The van der Waals surface area contributed by atoms with Crippen molar-refractivity contribution in [2.24, 2.45) is 0 Å². The monoisotopic (exact) mass is 462 g/mol. The van der Waals surface area contributed by atoms with Gasteiger partial charge in [-0.1, -0.05) is 12.5 Å². The summed E-state index contributed by atoms with van der Waals surface area (Å²) in [6.45, 7) is 3.65. The average molecular weight is 463 g/mol. The molecule has 0 bridgehead atoms. The van der Waals surface area contributed by atoms with Gasteiger partial charge in [-0.2, -0.15) is 4.31 Å². The summed E-state index contributed by atoms with van der Waals surface area (Å²) in [4.78, 5) is 28.5. The summed E-state index contributed by atoms with van der Waals surface area (Å²) in [5, 5.41) is 2.02. The van der Waals surface area contributed by atoms with E-state index in [2.05, 4.69) is 0 Å². The second-order valence-electron chi connectivity index (χ2n) is 7.92. The predicted molar refractivity (Wildman–Crippen MR) is 117 cm³/mol. The van der Waals surface area contributed by atoms with Gasteiger partial charge in [0.25, 0.3) is 5.91 Å². The molecule has 3 heterocycles. The molecule has 2 aliphatic heterocycles. The quantitative estimate of drug-likeness (QED) is 0.638. The molecular formula is C22H26N2O5S2. The Morgan fingerprint density at radius 2 is 1.87 bits per heavy atom. The summed E-state index contributed by atoms with van der Waals surface area (Å²) in [6, 6.07) is 7.88. The van der Waals surface area contributed by atoms with Crippen molar-refractivity contribution >= 4 is 33.2 Å². The molecule has 1 unspecified atom stereocenters. The number of benzene rings is 1. The van der Waals surface area contributed by atoms with Crippen LogP contribution in [0.3, 0.4) is 0 Å². The summed E-state index contributed by atoms with van der Waals surface area (Å²) < 4.78 is 32.6. The van der Waals surface area contributed by atoms with E-state index in [4.69, 9.17) is 4.74 Å². The molecule has 0 radical (unpaired) electrons. The molecule has 166 valence electrons. The van der Waals surface area contributed by atoms with E-state index in [9.17, 15) is 18.0 Å². The van der Waals surface area contributed by atoms with Crippen molar-refractivity contribution in [1.29, 1.82) is 0 Å². The van der Waals surface area contributed by atoms with Crippen molar-refractivity contribution in [2.45, 2.75) is 50.2 Å². The van der Waals surface area contributed by atoms with Crippen LogP contribution in [0.15, 0.2) is 40.6 Å². The topological polar surface area (TPSA) is 84.0 Å². The molecule has 7 nitrogen and oxygen atoms in total. The number of carbonyl (C=O) groups is 2. The van der Waals surface area contributed by atoms with Crippen molar-refractivity contribution in [3.05, 3.63) is 51.7 Å². The number of hydrogen-bond acceptors (Lipinski definition) is 6. The Bertz CT molecular complexity index is 1070. The Balaban J connectivity index is 1.42. The lowest BCUT2D eigenvalue weighted by atomic mass is 10.1. The lowest BCUT2D eigenvalue weighted by Gasteiger charge is -2.29. The van der Waals surface area contributed by atoms with Gasteiger partial charge < -0.3 is 9.64 Å². The number of sulfonamides is 1. The van der Waals surface area contributed by atoms with Gasteiger partial charge in [0.2, 0.25) is 10.0 Å². The molecule has 0 saturated carbocycles. The van der Waals surface area contributed by atoms with E-state index in [0.717, 1.165) is 31.2 Å². The van der Waals surface area contributed by atoms with Crippen molar-refractivity contribution in [3.63, 3.8) is 0 Å². The molecule has 1 saturated heterocycles. The predicted octanol–water partition coefficient (Wildman–Crippen LogP) is 3.05. The smallest absolute Gasteiger partial charge is 0.338 e. The van der Waals surface area contributed by atoms with Gasteiger partial charge in [0, 0.05) is 31.1 Å². The molecule has 9 heteroatoms. The van der Waals surface area contributed by atoms with E-state index in [1.165, 1.54) is 33.4 Å². The number of rotatable bonds is 5. The number of thiophene rings is 1. The van der Waals surface area contributed by atoms with Crippen LogP contribution in [0.25, 0.3) is 0 Å². The van der Waals surface area contributed by atoms with Crippen LogP contribution < -0.4 is 0 Å². The van der Waals surface area contributed by atoms with Crippen LogP contribution in [-0.4, -0.2) is 55.2 Å². The highest BCUT2D eigenvalue weighted by Gasteiger charge is 2.29. The minimum Gasteiger partial charge on any atom is -0.449 e. The molecule has 4 rings (SSSR count). The first-order valence-electron chi connectivity index (χ1n) is 10.5. The van der Waals surface area contributed by atoms with E-state index >= 15 is 0 Å². The minimum atomic E-state index is -3.65. The molecule has 31 heavy (non-hydrogen) atoms.